The Kier molecular flexibility index (Phi) is 12.7. The number of aliphatic hydroxyl groups excluding tert-OH is 1. The molecule has 3 atom stereocenters. The van der Waals surface area contributed by atoms with Gasteiger partial charge in [-0.3, -0.25) is 14.5 Å². The van der Waals surface area contributed by atoms with Crippen LogP contribution < -0.4 is 10.6 Å². The van der Waals surface area contributed by atoms with E-state index in [2.05, 4.69) is 46.8 Å². The largest absolute Gasteiger partial charge is 0.392 e. The first-order valence-corrected chi connectivity index (χ1v) is 15.2. The van der Waals surface area contributed by atoms with Crippen molar-refractivity contribution in [3.05, 3.63) is 107 Å². The lowest BCUT2D eigenvalue weighted by Gasteiger charge is -2.38. The van der Waals surface area contributed by atoms with Gasteiger partial charge in [0.1, 0.15) is 0 Å². The Bertz CT molecular complexity index is 1270. The van der Waals surface area contributed by atoms with Crippen LogP contribution in [0.25, 0.3) is 0 Å². The molecule has 2 amide bonds. The molecule has 8 heteroatoms. The van der Waals surface area contributed by atoms with Gasteiger partial charge in [-0.25, -0.2) is 0 Å². The van der Waals surface area contributed by atoms with E-state index in [0.717, 1.165) is 61.0 Å². The molecule has 0 saturated carbocycles. The van der Waals surface area contributed by atoms with Crippen molar-refractivity contribution in [1.82, 2.24) is 15.5 Å². The molecule has 1 aliphatic heterocycles. The summed E-state index contributed by atoms with van der Waals surface area (Å²) in [5, 5.41) is 15.2. The lowest BCUT2D eigenvalue weighted by molar-refractivity contribution is -0.252. The molecule has 230 valence electrons. The maximum absolute atomic E-state index is 12.3. The molecule has 43 heavy (non-hydrogen) atoms. The second-order valence-corrected chi connectivity index (χ2v) is 11.3. The van der Waals surface area contributed by atoms with E-state index in [9.17, 15) is 14.7 Å². The van der Waals surface area contributed by atoms with Gasteiger partial charge in [0.15, 0.2) is 6.29 Å². The number of amides is 2. The second kappa shape index (κ2) is 16.9. The fourth-order valence-electron chi connectivity index (χ4n) is 5.27. The average Bonchev–Trinajstić information content (AvgIpc) is 3.02. The van der Waals surface area contributed by atoms with Crippen LogP contribution in [-0.4, -0.2) is 48.1 Å². The molecule has 3 aromatic carbocycles. The molecule has 0 spiro atoms. The van der Waals surface area contributed by atoms with Gasteiger partial charge in [0.25, 0.3) is 0 Å². The predicted octanol–water partition coefficient (Wildman–Crippen LogP) is 5.17. The number of carbonyl (C=O) groups excluding carboxylic acids is 2. The van der Waals surface area contributed by atoms with Crippen molar-refractivity contribution in [2.24, 2.45) is 0 Å². The van der Waals surface area contributed by atoms with Crippen LogP contribution in [0.4, 0.5) is 0 Å². The number of likely N-dealkylation sites (N-methyl/N-ethyl adjacent to an activating group) is 1. The minimum absolute atomic E-state index is 0.0111. The number of rotatable bonds is 15. The molecule has 0 radical (unpaired) electrons. The minimum Gasteiger partial charge on any atom is -0.392 e. The summed E-state index contributed by atoms with van der Waals surface area (Å²) in [5.41, 5.74) is 5.14. The smallest absolute Gasteiger partial charge is 0.220 e. The Morgan fingerprint density at radius 1 is 0.837 bits per heavy atom. The monoisotopic (exact) mass is 587 g/mol. The summed E-state index contributed by atoms with van der Waals surface area (Å²) in [7, 11) is 2.11. The van der Waals surface area contributed by atoms with Gasteiger partial charge >= 0.3 is 0 Å². The SMILES string of the molecule is CC(=O)NCCCCCC(=O)NCc1ccc([C@H]2O[C@@H](CN(C)Cc3ccccc3)C[C@@H](c3ccc(CO)cc3)O2)cc1. The van der Waals surface area contributed by atoms with Crippen LogP contribution >= 0.6 is 0 Å². The quantitative estimate of drug-likeness (QED) is 0.212. The van der Waals surface area contributed by atoms with Gasteiger partial charge in [-0.2, -0.15) is 0 Å². The Morgan fingerprint density at radius 2 is 1.53 bits per heavy atom. The molecule has 4 rings (SSSR count). The molecule has 3 N–H and O–H groups in total. The molecule has 1 saturated heterocycles. The number of nitrogens with one attached hydrogen (secondary N) is 2. The number of ether oxygens (including phenoxy) is 2. The van der Waals surface area contributed by atoms with Crippen molar-refractivity contribution in [2.75, 3.05) is 20.1 Å². The number of benzene rings is 3. The highest BCUT2D eigenvalue weighted by Crippen LogP contribution is 2.38. The molecule has 1 aliphatic rings. The molecular formula is C35H45N3O5. The number of unbranched alkanes of at least 4 members (excludes halogenated alkanes) is 2. The molecule has 0 unspecified atom stereocenters. The van der Waals surface area contributed by atoms with Crippen LogP contribution in [0.15, 0.2) is 78.9 Å². The Balaban J connectivity index is 1.33. The summed E-state index contributed by atoms with van der Waals surface area (Å²) in [5.74, 6) is 0.00468. The lowest BCUT2D eigenvalue weighted by Crippen LogP contribution is -2.37. The summed E-state index contributed by atoms with van der Waals surface area (Å²) < 4.78 is 13.0. The molecule has 1 heterocycles. The number of hydrogen-bond acceptors (Lipinski definition) is 6. The van der Waals surface area contributed by atoms with Crippen molar-refractivity contribution in [3.8, 4) is 0 Å². The van der Waals surface area contributed by atoms with Gasteiger partial charge in [-0.05, 0) is 42.1 Å². The molecule has 3 aromatic rings. The minimum atomic E-state index is -0.521. The van der Waals surface area contributed by atoms with E-state index in [0.29, 0.717) is 19.5 Å². The van der Waals surface area contributed by atoms with E-state index in [1.54, 1.807) is 0 Å². The molecular weight excluding hydrogens is 542 g/mol. The van der Waals surface area contributed by atoms with Gasteiger partial charge in [-0.1, -0.05) is 85.3 Å². The first kappa shape index (κ1) is 32.4. The summed E-state index contributed by atoms with van der Waals surface area (Å²) in [6.45, 7) is 4.23. The zero-order chi connectivity index (χ0) is 30.4. The summed E-state index contributed by atoms with van der Waals surface area (Å²) in [6, 6.07) is 26.4. The number of nitrogens with zero attached hydrogens (tertiary/aromatic N) is 1. The predicted molar refractivity (Wildman–Crippen MR) is 167 cm³/mol. The van der Waals surface area contributed by atoms with Gasteiger partial charge < -0.3 is 25.2 Å². The molecule has 8 nitrogen and oxygen atoms in total. The molecule has 1 fully saturated rings. The van der Waals surface area contributed by atoms with Gasteiger partial charge in [0.2, 0.25) is 11.8 Å². The van der Waals surface area contributed by atoms with Crippen LogP contribution in [-0.2, 0) is 38.8 Å². The first-order valence-electron chi connectivity index (χ1n) is 15.2. The van der Waals surface area contributed by atoms with Gasteiger partial charge in [0, 0.05) is 51.5 Å². The zero-order valence-electron chi connectivity index (χ0n) is 25.3. The Morgan fingerprint density at radius 3 is 2.23 bits per heavy atom. The average molecular weight is 588 g/mol. The van der Waals surface area contributed by atoms with Crippen LogP contribution in [0.2, 0.25) is 0 Å². The number of carbonyl (C=O) groups is 2. The maximum Gasteiger partial charge on any atom is 0.220 e. The maximum atomic E-state index is 12.3. The van der Waals surface area contributed by atoms with E-state index in [1.165, 1.54) is 12.5 Å². The highest BCUT2D eigenvalue weighted by atomic mass is 16.7. The standard InChI is InChI=1S/C35H45N3O5/c1-26(40)36-20-8-4-7-11-34(41)37-22-27-12-18-31(19-13-27)35-42-32(24-38(2)23-28-9-5-3-6-10-28)21-33(43-35)30-16-14-29(25-39)15-17-30/h3,5-6,9-10,12-19,32-33,35,39H,4,7-8,11,20-25H2,1-2H3,(H,36,40)(H,37,41)/t32-,33+,35+/m1/s1. The van der Waals surface area contributed by atoms with E-state index in [4.69, 9.17) is 9.47 Å². The topological polar surface area (TPSA) is 100 Å². The van der Waals surface area contributed by atoms with Gasteiger partial charge in [-0.15, -0.1) is 0 Å². The van der Waals surface area contributed by atoms with Crippen molar-refractivity contribution < 1.29 is 24.2 Å². The van der Waals surface area contributed by atoms with E-state index in [-0.39, 0.29) is 30.6 Å². The first-order chi connectivity index (χ1) is 20.9. The Hall–Kier alpha value is -3.56. The van der Waals surface area contributed by atoms with Crippen LogP contribution in [0.3, 0.4) is 0 Å². The fraction of sp³-hybridized carbons (Fsp3) is 0.429. The summed E-state index contributed by atoms with van der Waals surface area (Å²) in [4.78, 5) is 25.5. The molecule has 0 aromatic heterocycles. The molecule has 0 bridgehead atoms. The third kappa shape index (κ3) is 10.9. The second-order valence-electron chi connectivity index (χ2n) is 11.3. The number of aliphatic hydroxyl groups is 1. The molecule has 0 aliphatic carbocycles. The third-order valence-corrected chi connectivity index (χ3v) is 7.62. The summed E-state index contributed by atoms with van der Waals surface area (Å²) >= 11 is 0. The van der Waals surface area contributed by atoms with E-state index in [1.807, 2.05) is 54.6 Å². The van der Waals surface area contributed by atoms with Crippen LogP contribution in [0.5, 0.6) is 0 Å². The fourth-order valence-corrected chi connectivity index (χ4v) is 5.27. The highest BCUT2D eigenvalue weighted by molar-refractivity contribution is 5.75. The summed E-state index contributed by atoms with van der Waals surface area (Å²) in [6.07, 6.45) is 3.08. The van der Waals surface area contributed by atoms with Crippen molar-refractivity contribution in [2.45, 2.75) is 77.2 Å². The third-order valence-electron chi connectivity index (χ3n) is 7.62. The lowest BCUT2D eigenvalue weighted by atomic mass is 9.99. The van der Waals surface area contributed by atoms with E-state index >= 15 is 0 Å². The van der Waals surface area contributed by atoms with Crippen molar-refractivity contribution in [3.63, 3.8) is 0 Å². The highest BCUT2D eigenvalue weighted by Gasteiger charge is 2.32. The Labute approximate surface area is 255 Å². The van der Waals surface area contributed by atoms with Crippen molar-refractivity contribution in [1.29, 1.82) is 0 Å². The van der Waals surface area contributed by atoms with E-state index < -0.39 is 6.29 Å². The van der Waals surface area contributed by atoms with Crippen molar-refractivity contribution >= 4 is 11.8 Å². The normalized spacial score (nSPS) is 18.4. The van der Waals surface area contributed by atoms with Gasteiger partial charge in [0.05, 0.1) is 18.8 Å². The van der Waals surface area contributed by atoms with Crippen LogP contribution in [0.1, 0.15) is 79.2 Å². The zero-order valence-corrected chi connectivity index (χ0v) is 25.3. The van der Waals surface area contributed by atoms with Crippen LogP contribution in [0, 0.1) is 0 Å². The number of hydrogen-bond donors (Lipinski definition) is 3.